The number of benzene rings is 1. The van der Waals surface area contributed by atoms with Crippen molar-refractivity contribution in [3.05, 3.63) is 38.9 Å². The Morgan fingerprint density at radius 1 is 1.15 bits per heavy atom. The van der Waals surface area contributed by atoms with Gasteiger partial charge in [0.2, 0.25) is 12.9 Å². The molecule has 0 N–H and O–H groups in total. The van der Waals surface area contributed by atoms with Gasteiger partial charge in [-0.15, -0.1) is 23.3 Å². The number of esters is 2. The van der Waals surface area contributed by atoms with Crippen molar-refractivity contribution in [3.8, 4) is 11.5 Å². The van der Waals surface area contributed by atoms with Crippen LogP contribution in [0, 0.1) is 17.0 Å². The first-order valence-electron chi connectivity index (χ1n) is 8.63. The van der Waals surface area contributed by atoms with Gasteiger partial charge in [0.1, 0.15) is 18.1 Å². The number of carbonyl (C=O) groups excluding carboxylic acids is 2. The van der Waals surface area contributed by atoms with E-state index in [0.29, 0.717) is 12.1 Å². The Bertz CT molecular complexity index is 958. The molecule has 2 rings (SSSR count). The number of ether oxygens (including phenoxy) is 4. The maximum atomic E-state index is 13.4. The number of aryl methyl sites for hydroxylation is 1. The molecule has 1 aliphatic rings. The third-order valence-electron chi connectivity index (χ3n) is 3.79. The summed E-state index contributed by atoms with van der Waals surface area (Å²) in [7, 11) is 0. The van der Waals surface area contributed by atoms with Gasteiger partial charge in [0.25, 0.3) is 5.09 Å². The quantitative estimate of drug-likeness (QED) is 0.178. The second kappa shape index (κ2) is 9.83. The van der Waals surface area contributed by atoms with Crippen LogP contribution in [0.25, 0.3) is 6.08 Å². The number of hydrogen-bond donors (Lipinski definition) is 0. The Labute approximate surface area is 179 Å². The number of fused-ring (bicyclic) bond motifs is 1. The summed E-state index contributed by atoms with van der Waals surface area (Å²) in [6.07, 6.45) is -13.0. The fourth-order valence-corrected chi connectivity index (χ4v) is 2.57. The molecular formula is C17H13F6NO9. The number of nitrogens with zero attached hydrogens (tertiary/aromatic N) is 1. The average Bonchev–Trinajstić information content (AvgIpc) is 2.64. The van der Waals surface area contributed by atoms with Crippen molar-refractivity contribution in [1.82, 2.24) is 0 Å². The minimum absolute atomic E-state index is 0.129. The first kappa shape index (κ1) is 25.5. The second-order valence-corrected chi connectivity index (χ2v) is 6.22. The van der Waals surface area contributed by atoms with Gasteiger partial charge in [0.05, 0.1) is 12.0 Å². The number of alkyl halides is 6. The molecule has 0 saturated heterocycles. The molecule has 0 aromatic heterocycles. The summed E-state index contributed by atoms with van der Waals surface area (Å²) < 4.78 is 95.1. The highest BCUT2D eigenvalue weighted by molar-refractivity contribution is 5.96. The molecule has 1 heterocycles. The van der Waals surface area contributed by atoms with Crippen LogP contribution in [0.4, 0.5) is 26.3 Å². The number of rotatable bonds is 8. The molecule has 0 fully saturated rings. The van der Waals surface area contributed by atoms with Crippen LogP contribution in [-0.2, 0) is 23.9 Å². The van der Waals surface area contributed by atoms with Gasteiger partial charge in [0.15, 0.2) is 0 Å². The molecule has 0 saturated carbocycles. The van der Waals surface area contributed by atoms with Crippen LogP contribution < -0.4 is 9.47 Å². The molecule has 0 spiro atoms. The van der Waals surface area contributed by atoms with Gasteiger partial charge in [-0.25, -0.2) is 4.79 Å². The van der Waals surface area contributed by atoms with Gasteiger partial charge in [-0.05, 0) is 30.7 Å². The molecule has 1 unspecified atom stereocenters. The largest absolute Gasteiger partial charge is 0.573 e. The predicted octanol–water partition coefficient (Wildman–Crippen LogP) is 3.24. The summed E-state index contributed by atoms with van der Waals surface area (Å²) in [5, 5.41) is 8.78. The monoisotopic (exact) mass is 489 g/mol. The number of halogens is 6. The van der Waals surface area contributed by atoms with E-state index in [1.807, 2.05) is 0 Å². The Hall–Kier alpha value is -3.72. The molecular weight excluding hydrogens is 476 g/mol. The van der Waals surface area contributed by atoms with E-state index in [4.69, 9.17) is 4.74 Å². The van der Waals surface area contributed by atoms with E-state index in [1.165, 1.54) is 6.92 Å². The van der Waals surface area contributed by atoms with Gasteiger partial charge < -0.3 is 23.8 Å². The summed E-state index contributed by atoms with van der Waals surface area (Å²) in [6, 6.07) is 1.52. The highest BCUT2D eigenvalue weighted by Gasteiger charge is 2.49. The molecule has 0 bridgehead atoms. The summed E-state index contributed by atoms with van der Waals surface area (Å²) in [6.45, 7) is -0.650. The Morgan fingerprint density at radius 2 is 1.82 bits per heavy atom. The fourth-order valence-electron chi connectivity index (χ4n) is 2.57. The van der Waals surface area contributed by atoms with Crippen molar-refractivity contribution < 1.29 is 64.8 Å². The lowest BCUT2D eigenvalue weighted by Gasteiger charge is -2.29. The highest BCUT2D eigenvalue weighted by atomic mass is 19.4. The van der Waals surface area contributed by atoms with Crippen molar-refractivity contribution in [2.75, 3.05) is 13.4 Å². The second-order valence-electron chi connectivity index (χ2n) is 6.22. The number of carbonyl (C=O) groups is 2. The van der Waals surface area contributed by atoms with Crippen molar-refractivity contribution >= 4 is 18.0 Å². The minimum Gasteiger partial charge on any atom is -0.475 e. The fraction of sp³-hybridized carbons (Fsp3) is 0.412. The zero-order chi connectivity index (χ0) is 25.0. The lowest BCUT2D eigenvalue weighted by Crippen LogP contribution is -2.41. The molecule has 1 aromatic carbocycles. The predicted molar refractivity (Wildman–Crippen MR) is 90.9 cm³/mol. The van der Waals surface area contributed by atoms with Crippen LogP contribution in [-0.4, -0.2) is 49.1 Å². The zero-order valence-electron chi connectivity index (χ0n) is 16.3. The highest BCUT2D eigenvalue weighted by Crippen LogP contribution is 2.41. The van der Waals surface area contributed by atoms with E-state index in [0.717, 1.165) is 6.07 Å². The Morgan fingerprint density at radius 3 is 2.39 bits per heavy atom. The SMILES string of the molecule is Cc1cc(OC(F)(F)F)cc2c1OC(C(F)(F)F)C(C(=O)OCOC(=O)CCO[N+](=O)[O-])=C2. The molecule has 1 aromatic rings. The first-order chi connectivity index (χ1) is 15.2. The maximum Gasteiger partial charge on any atom is 0.573 e. The zero-order valence-corrected chi connectivity index (χ0v) is 16.3. The third kappa shape index (κ3) is 7.43. The maximum absolute atomic E-state index is 13.4. The van der Waals surface area contributed by atoms with Crippen LogP contribution in [0.5, 0.6) is 11.5 Å². The van der Waals surface area contributed by atoms with Crippen LogP contribution in [0.15, 0.2) is 17.7 Å². The standard InChI is InChI=1S/C17H13F6NO9/c1-8-4-10(33-17(21,22)23)5-9-6-11(14(16(18,19)20)32-13(8)9)15(26)30-7-29-12(25)2-3-31-24(27)28/h4-6,14H,2-3,7H2,1H3. The van der Waals surface area contributed by atoms with Crippen LogP contribution in [0.3, 0.4) is 0 Å². The minimum atomic E-state index is -5.12. The molecule has 182 valence electrons. The van der Waals surface area contributed by atoms with Crippen molar-refractivity contribution in [1.29, 1.82) is 0 Å². The molecule has 1 aliphatic heterocycles. The van der Waals surface area contributed by atoms with Crippen LogP contribution in [0.1, 0.15) is 17.5 Å². The van der Waals surface area contributed by atoms with Gasteiger partial charge in [-0.3, -0.25) is 4.79 Å². The molecule has 0 amide bonds. The summed E-state index contributed by atoms with van der Waals surface area (Å²) in [5.74, 6) is -3.96. The summed E-state index contributed by atoms with van der Waals surface area (Å²) in [4.78, 5) is 37.3. The van der Waals surface area contributed by atoms with Crippen LogP contribution in [0.2, 0.25) is 0 Å². The number of hydrogen-bond acceptors (Lipinski definition) is 9. The third-order valence-corrected chi connectivity index (χ3v) is 3.79. The molecule has 33 heavy (non-hydrogen) atoms. The van der Waals surface area contributed by atoms with Crippen molar-refractivity contribution in [3.63, 3.8) is 0 Å². The molecule has 16 heteroatoms. The van der Waals surface area contributed by atoms with Crippen molar-refractivity contribution in [2.45, 2.75) is 32.0 Å². The Kier molecular flexibility index (Phi) is 7.60. The summed E-state index contributed by atoms with van der Waals surface area (Å²) in [5.41, 5.74) is -1.59. The first-order valence-corrected chi connectivity index (χ1v) is 8.63. The van der Waals surface area contributed by atoms with Crippen molar-refractivity contribution in [2.24, 2.45) is 0 Å². The molecule has 0 radical (unpaired) electrons. The lowest BCUT2D eigenvalue weighted by atomic mass is 9.99. The van der Waals surface area contributed by atoms with E-state index >= 15 is 0 Å². The van der Waals surface area contributed by atoms with Gasteiger partial charge in [-0.1, -0.05) is 0 Å². The van der Waals surface area contributed by atoms with E-state index < -0.39 is 72.6 Å². The van der Waals surface area contributed by atoms with E-state index in [1.54, 1.807) is 0 Å². The van der Waals surface area contributed by atoms with E-state index in [2.05, 4.69) is 19.0 Å². The van der Waals surface area contributed by atoms with Gasteiger partial charge in [-0.2, -0.15) is 13.2 Å². The van der Waals surface area contributed by atoms with E-state index in [-0.39, 0.29) is 11.1 Å². The van der Waals surface area contributed by atoms with E-state index in [9.17, 15) is 46.0 Å². The topological polar surface area (TPSA) is 123 Å². The summed E-state index contributed by atoms with van der Waals surface area (Å²) >= 11 is 0. The smallest absolute Gasteiger partial charge is 0.475 e. The van der Waals surface area contributed by atoms with Gasteiger partial charge >= 0.3 is 24.5 Å². The average molecular weight is 489 g/mol. The molecule has 1 atom stereocenters. The Balaban J connectivity index is 2.19. The van der Waals surface area contributed by atoms with Gasteiger partial charge in [0, 0.05) is 5.56 Å². The molecule has 0 aliphatic carbocycles. The molecule has 10 nitrogen and oxygen atoms in total. The van der Waals surface area contributed by atoms with Crippen LogP contribution >= 0.6 is 0 Å². The normalized spacial score (nSPS) is 15.5. The lowest BCUT2D eigenvalue weighted by molar-refractivity contribution is -0.757.